The Kier molecular flexibility index (Phi) is 5.96. The molecule has 32 heavy (non-hydrogen) atoms. The summed E-state index contributed by atoms with van der Waals surface area (Å²) in [7, 11) is -3.54. The number of sulfone groups is 1. The van der Waals surface area contributed by atoms with Crippen LogP contribution < -0.4 is 10.7 Å². The minimum atomic E-state index is -4.58. The van der Waals surface area contributed by atoms with Crippen LogP contribution in [-0.2, 0) is 16.0 Å². The number of alkyl halides is 3. The number of aromatic nitrogens is 2. The number of carbonyl (C=O) groups excluding carboxylic acids is 1. The molecule has 168 valence electrons. The predicted molar refractivity (Wildman–Crippen MR) is 112 cm³/mol. The van der Waals surface area contributed by atoms with Gasteiger partial charge in [0.05, 0.1) is 16.1 Å². The number of nitrogens with one attached hydrogen (secondary N) is 1. The number of aryl methyl sites for hydroxylation is 2. The average Bonchev–Trinajstić information content (AvgIpc) is 2.68. The number of halogens is 3. The lowest BCUT2D eigenvalue weighted by molar-refractivity contribution is -0.137. The van der Waals surface area contributed by atoms with E-state index in [0.29, 0.717) is 5.56 Å². The molecule has 0 aliphatic rings. The normalized spacial score (nSPS) is 11.9. The molecule has 0 radical (unpaired) electrons. The fraction of sp³-hybridized carbons (Fsp3) is 0.190. The Balaban J connectivity index is 2.04. The molecule has 1 heterocycles. The van der Waals surface area contributed by atoms with Gasteiger partial charge in [0.2, 0.25) is 5.43 Å². The first-order chi connectivity index (χ1) is 14.8. The molecule has 0 fully saturated rings. The van der Waals surface area contributed by atoms with Crippen molar-refractivity contribution in [3.63, 3.8) is 0 Å². The summed E-state index contributed by atoms with van der Waals surface area (Å²) < 4.78 is 63.8. The first-order valence-electron chi connectivity index (χ1n) is 9.18. The number of amides is 1. The van der Waals surface area contributed by atoms with Gasteiger partial charge in [0, 0.05) is 23.7 Å². The number of nitrogens with zero attached hydrogens (tertiary/aromatic N) is 2. The topological polar surface area (TPSA) is 98.1 Å². The monoisotopic (exact) mass is 465 g/mol. The van der Waals surface area contributed by atoms with Crippen LogP contribution in [0.3, 0.4) is 0 Å². The summed E-state index contributed by atoms with van der Waals surface area (Å²) in [6, 6.07) is 9.52. The van der Waals surface area contributed by atoms with E-state index in [9.17, 15) is 31.2 Å². The third kappa shape index (κ3) is 4.88. The second-order valence-corrected chi connectivity index (χ2v) is 9.18. The van der Waals surface area contributed by atoms with Gasteiger partial charge in [-0.2, -0.15) is 18.3 Å². The molecular weight excluding hydrogens is 447 g/mol. The molecule has 0 unspecified atom stereocenters. The van der Waals surface area contributed by atoms with E-state index in [4.69, 9.17) is 0 Å². The summed E-state index contributed by atoms with van der Waals surface area (Å²) in [5.41, 5.74) is -1.27. The molecular formula is C21H18F3N3O4S. The van der Waals surface area contributed by atoms with E-state index in [1.165, 1.54) is 37.3 Å². The molecule has 0 saturated carbocycles. The van der Waals surface area contributed by atoms with Crippen molar-refractivity contribution in [2.75, 3.05) is 11.6 Å². The van der Waals surface area contributed by atoms with E-state index in [1.54, 1.807) is 6.92 Å². The van der Waals surface area contributed by atoms with Gasteiger partial charge >= 0.3 is 6.18 Å². The molecule has 3 aromatic rings. The van der Waals surface area contributed by atoms with Crippen LogP contribution in [0.1, 0.15) is 27.3 Å². The fourth-order valence-electron chi connectivity index (χ4n) is 2.93. The lowest BCUT2D eigenvalue weighted by atomic mass is 10.2. The third-order valence-electron chi connectivity index (χ3n) is 4.63. The smallest absolute Gasteiger partial charge is 0.320 e. The number of benzene rings is 2. The SMILES string of the molecule is Cc1ccc(S(C)(=O)=O)cc1NC(=O)c1nn(-c2cccc(C(F)(F)F)c2)c(C)cc1=O. The maximum Gasteiger partial charge on any atom is 0.416 e. The largest absolute Gasteiger partial charge is 0.416 e. The highest BCUT2D eigenvalue weighted by Crippen LogP contribution is 2.30. The first-order valence-corrected chi connectivity index (χ1v) is 11.1. The molecule has 1 aromatic heterocycles. The summed E-state index contributed by atoms with van der Waals surface area (Å²) >= 11 is 0. The number of hydrogen-bond donors (Lipinski definition) is 1. The Morgan fingerprint density at radius 3 is 2.38 bits per heavy atom. The predicted octanol–water partition coefficient (Wildman–Crippen LogP) is 3.52. The van der Waals surface area contributed by atoms with Crippen LogP contribution in [0.25, 0.3) is 5.69 Å². The zero-order valence-corrected chi connectivity index (χ0v) is 18.0. The summed E-state index contributed by atoms with van der Waals surface area (Å²) in [5, 5.41) is 6.42. The van der Waals surface area contributed by atoms with Crippen LogP contribution in [0.15, 0.2) is 58.2 Å². The molecule has 3 rings (SSSR count). The maximum atomic E-state index is 13.1. The van der Waals surface area contributed by atoms with Crippen molar-refractivity contribution < 1.29 is 26.4 Å². The summed E-state index contributed by atoms with van der Waals surface area (Å²) in [6.45, 7) is 3.10. The molecule has 0 aliphatic heterocycles. The van der Waals surface area contributed by atoms with Gasteiger partial charge in [-0.15, -0.1) is 0 Å². The van der Waals surface area contributed by atoms with E-state index in [-0.39, 0.29) is 22.0 Å². The van der Waals surface area contributed by atoms with Crippen molar-refractivity contribution >= 4 is 21.4 Å². The molecule has 11 heteroatoms. The second kappa shape index (κ2) is 8.23. The molecule has 0 atom stereocenters. The summed E-state index contributed by atoms with van der Waals surface area (Å²) in [6.07, 6.45) is -3.57. The minimum absolute atomic E-state index is 0.0154. The summed E-state index contributed by atoms with van der Waals surface area (Å²) in [4.78, 5) is 25.1. The molecule has 7 nitrogen and oxygen atoms in total. The molecule has 0 aliphatic carbocycles. The van der Waals surface area contributed by atoms with Gasteiger partial charge in [0.25, 0.3) is 5.91 Å². The Morgan fingerprint density at radius 2 is 1.75 bits per heavy atom. The Bertz CT molecular complexity index is 1380. The van der Waals surface area contributed by atoms with Gasteiger partial charge in [-0.25, -0.2) is 13.1 Å². The lowest BCUT2D eigenvalue weighted by Gasteiger charge is -2.14. The number of anilines is 1. The van der Waals surface area contributed by atoms with E-state index in [2.05, 4.69) is 10.4 Å². The van der Waals surface area contributed by atoms with Crippen LogP contribution in [0.2, 0.25) is 0 Å². The number of rotatable bonds is 4. The van der Waals surface area contributed by atoms with Gasteiger partial charge in [-0.3, -0.25) is 9.59 Å². The number of carbonyl (C=O) groups is 1. The molecule has 1 amide bonds. The van der Waals surface area contributed by atoms with E-state index in [0.717, 1.165) is 29.1 Å². The summed E-state index contributed by atoms with van der Waals surface area (Å²) in [5.74, 6) is -0.926. The van der Waals surface area contributed by atoms with Crippen molar-refractivity contribution in [2.45, 2.75) is 24.9 Å². The van der Waals surface area contributed by atoms with E-state index < -0.39 is 38.6 Å². The third-order valence-corrected chi connectivity index (χ3v) is 5.74. The Hall–Kier alpha value is -3.47. The molecule has 0 saturated heterocycles. The quantitative estimate of drug-likeness (QED) is 0.636. The Labute approximate surface area is 181 Å². The molecule has 1 N–H and O–H groups in total. The van der Waals surface area contributed by atoms with Crippen LogP contribution in [0.5, 0.6) is 0 Å². The maximum absolute atomic E-state index is 13.1. The van der Waals surface area contributed by atoms with Crippen molar-refractivity contribution in [1.29, 1.82) is 0 Å². The highest BCUT2D eigenvalue weighted by atomic mass is 32.2. The van der Waals surface area contributed by atoms with Crippen LogP contribution in [-0.4, -0.2) is 30.4 Å². The molecule has 0 spiro atoms. The highest BCUT2D eigenvalue weighted by Gasteiger charge is 2.30. The Morgan fingerprint density at radius 1 is 1.06 bits per heavy atom. The molecule has 2 aromatic carbocycles. The lowest BCUT2D eigenvalue weighted by Crippen LogP contribution is -2.27. The molecule has 0 bridgehead atoms. The van der Waals surface area contributed by atoms with E-state index in [1.807, 2.05) is 0 Å². The second-order valence-electron chi connectivity index (χ2n) is 7.16. The fourth-order valence-corrected chi connectivity index (χ4v) is 3.58. The van der Waals surface area contributed by atoms with Crippen molar-refractivity contribution in [2.24, 2.45) is 0 Å². The standard InChI is InChI=1S/C21H18F3N3O4S/c1-12-7-8-16(32(3,30)31)11-17(12)25-20(29)19-18(28)9-13(2)27(26-19)15-6-4-5-14(10-15)21(22,23)24/h4-11H,1-3H3,(H,25,29). The van der Waals surface area contributed by atoms with Gasteiger partial charge in [-0.1, -0.05) is 12.1 Å². The van der Waals surface area contributed by atoms with Gasteiger partial charge in [-0.05, 0) is 49.7 Å². The highest BCUT2D eigenvalue weighted by molar-refractivity contribution is 7.90. The van der Waals surface area contributed by atoms with Gasteiger partial charge < -0.3 is 5.32 Å². The zero-order valence-electron chi connectivity index (χ0n) is 17.2. The van der Waals surface area contributed by atoms with Crippen molar-refractivity contribution in [3.8, 4) is 5.69 Å². The zero-order chi connectivity index (χ0) is 23.8. The van der Waals surface area contributed by atoms with Crippen LogP contribution in [0.4, 0.5) is 18.9 Å². The minimum Gasteiger partial charge on any atom is -0.320 e. The average molecular weight is 465 g/mol. The first kappa shape index (κ1) is 23.2. The van der Waals surface area contributed by atoms with Gasteiger partial charge in [0.1, 0.15) is 0 Å². The van der Waals surface area contributed by atoms with Gasteiger partial charge in [0.15, 0.2) is 15.5 Å². The van der Waals surface area contributed by atoms with Crippen LogP contribution in [0, 0.1) is 13.8 Å². The van der Waals surface area contributed by atoms with Crippen LogP contribution >= 0.6 is 0 Å². The van der Waals surface area contributed by atoms with E-state index >= 15 is 0 Å². The van der Waals surface area contributed by atoms with Crippen molar-refractivity contribution in [3.05, 3.63) is 81.3 Å². The number of hydrogen-bond acceptors (Lipinski definition) is 5. The van der Waals surface area contributed by atoms with Crippen molar-refractivity contribution in [1.82, 2.24) is 9.78 Å².